The lowest BCUT2D eigenvalue weighted by atomic mass is 10.3. The predicted octanol–water partition coefficient (Wildman–Crippen LogP) is 0.675. The summed E-state index contributed by atoms with van der Waals surface area (Å²) in [6.07, 6.45) is 0.407. The van der Waals surface area contributed by atoms with Gasteiger partial charge in [-0.25, -0.2) is 0 Å². The molecule has 0 spiro atoms. The number of carbonyl (C=O) groups excluding carboxylic acids is 1. The second-order valence-electron chi connectivity index (χ2n) is 2.67. The first kappa shape index (κ1) is 9.43. The SMILES string of the molecule is CC(C)OC(C)CC(N)=O. The molecule has 0 fully saturated rings. The summed E-state index contributed by atoms with van der Waals surface area (Å²) < 4.78 is 5.26. The average Bonchev–Trinajstić information content (AvgIpc) is 1.58. The van der Waals surface area contributed by atoms with Crippen LogP contribution in [0.3, 0.4) is 0 Å². The van der Waals surface area contributed by atoms with Crippen molar-refractivity contribution in [3.63, 3.8) is 0 Å². The summed E-state index contributed by atoms with van der Waals surface area (Å²) in [5.74, 6) is -0.312. The van der Waals surface area contributed by atoms with E-state index in [1.807, 2.05) is 20.8 Å². The quantitative estimate of drug-likeness (QED) is 0.632. The van der Waals surface area contributed by atoms with Gasteiger partial charge in [-0.3, -0.25) is 4.79 Å². The lowest BCUT2D eigenvalue weighted by molar-refractivity contribution is -0.121. The highest BCUT2D eigenvalue weighted by molar-refractivity contribution is 5.74. The third-order valence-electron chi connectivity index (χ3n) is 0.993. The Bertz CT molecular complexity index is 112. The third-order valence-corrected chi connectivity index (χ3v) is 0.993. The van der Waals surface area contributed by atoms with Gasteiger partial charge in [0.25, 0.3) is 0 Å². The summed E-state index contributed by atoms with van der Waals surface area (Å²) >= 11 is 0. The van der Waals surface area contributed by atoms with Crippen molar-refractivity contribution in [2.75, 3.05) is 0 Å². The van der Waals surface area contributed by atoms with Crippen LogP contribution in [0.4, 0.5) is 0 Å². The number of amides is 1. The van der Waals surface area contributed by atoms with Crippen LogP contribution in [0.5, 0.6) is 0 Å². The number of rotatable bonds is 4. The van der Waals surface area contributed by atoms with Crippen molar-refractivity contribution in [1.29, 1.82) is 0 Å². The standard InChI is InChI=1S/C7H15NO2/c1-5(2)10-6(3)4-7(8)9/h5-6H,4H2,1-3H3,(H2,8,9). The molecule has 3 nitrogen and oxygen atoms in total. The molecule has 60 valence electrons. The van der Waals surface area contributed by atoms with Gasteiger partial charge in [0.2, 0.25) is 5.91 Å². The van der Waals surface area contributed by atoms with Gasteiger partial charge in [0.1, 0.15) is 0 Å². The summed E-state index contributed by atoms with van der Waals surface area (Å²) in [7, 11) is 0. The predicted molar refractivity (Wildman–Crippen MR) is 39.5 cm³/mol. The van der Waals surface area contributed by atoms with Crippen LogP contribution in [-0.4, -0.2) is 18.1 Å². The molecule has 0 saturated carbocycles. The van der Waals surface area contributed by atoms with E-state index >= 15 is 0 Å². The van der Waals surface area contributed by atoms with E-state index in [0.29, 0.717) is 6.42 Å². The fourth-order valence-electron chi connectivity index (χ4n) is 0.796. The maximum atomic E-state index is 10.3. The Morgan fingerprint density at radius 3 is 2.30 bits per heavy atom. The van der Waals surface area contributed by atoms with Crippen molar-refractivity contribution in [2.45, 2.75) is 39.4 Å². The number of primary amides is 1. The number of hydrogen-bond donors (Lipinski definition) is 1. The molecule has 0 aromatic heterocycles. The molecule has 0 aliphatic carbocycles. The van der Waals surface area contributed by atoms with Gasteiger partial charge in [-0.2, -0.15) is 0 Å². The molecule has 0 radical (unpaired) electrons. The smallest absolute Gasteiger partial charge is 0.220 e. The van der Waals surface area contributed by atoms with E-state index in [1.54, 1.807) is 0 Å². The van der Waals surface area contributed by atoms with E-state index in [4.69, 9.17) is 10.5 Å². The number of hydrogen-bond acceptors (Lipinski definition) is 2. The van der Waals surface area contributed by atoms with Crippen LogP contribution in [-0.2, 0) is 9.53 Å². The Hall–Kier alpha value is -0.570. The second-order valence-corrected chi connectivity index (χ2v) is 2.67. The van der Waals surface area contributed by atoms with Crippen molar-refractivity contribution in [1.82, 2.24) is 0 Å². The lowest BCUT2D eigenvalue weighted by Gasteiger charge is -2.13. The van der Waals surface area contributed by atoms with Gasteiger partial charge < -0.3 is 10.5 Å². The molecule has 3 heteroatoms. The van der Waals surface area contributed by atoms with Crippen molar-refractivity contribution < 1.29 is 9.53 Å². The van der Waals surface area contributed by atoms with E-state index in [-0.39, 0.29) is 18.1 Å². The topological polar surface area (TPSA) is 52.3 Å². The van der Waals surface area contributed by atoms with Crippen molar-refractivity contribution >= 4 is 5.91 Å². The van der Waals surface area contributed by atoms with E-state index in [2.05, 4.69) is 0 Å². The molecule has 0 saturated heterocycles. The van der Waals surface area contributed by atoms with Crippen molar-refractivity contribution in [3.8, 4) is 0 Å². The summed E-state index contributed by atoms with van der Waals surface area (Å²) in [5.41, 5.74) is 4.95. The fraction of sp³-hybridized carbons (Fsp3) is 0.857. The van der Waals surface area contributed by atoms with Gasteiger partial charge in [-0.1, -0.05) is 0 Å². The van der Waals surface area contributed by atoms with Gasteiger partial charge in [0, 0.05) is 0 Å². The Morgan fingerprint density at radius 1 is 1.50 bits per heavy atom. The molecule has 0 aliphatic rings. The largest absolute Gasteiger partial charge is 0.375 e. The first-order valence-corrected chi connectivity index (χ1v) is 3.46. The van der Waals surface area contributed by atoms with Gasteiger partial charge in [0.05, 0.1) is 18.6 Å². The minimum atomic E-state index is -0.312. The van der Waals surface area contributed by atoms with Crippen LogP contribution < -0.4 is 5.73 Å². The zero-order chi connectivity index (χ0) is 8.15. The van der Waals surface area contributed by atoms with Crippen molar-refractivity contribution in [2.24, 2.45) is 5.73 Å². The Labute approximate surface area is 61.5 Å². The Morgan fingerprint density at radius 2 is 2.00 bits per heavy atom. The van der Waals surface area contributed by atoms with Crippen LogP contribution in [0.1, 0.15) is 27.2 Å². The molecule has 0 aliphatic heterocycles. The minimum absolute atomic E-state index is 0.0579. The van der Waals surface area contributed by atoms with Gasteiger partial charge in [0.15, 0.2) is 0 Å². The molecule has 1 amide bonds. The highest BCUT2D eigenvalue weighted by Gasteiger charge is 2.06. The summed E-state index contributed by atoms with van der Waals surface area (Å²) in [4.78, 5) is 10.3. The van der Waals surface area contributed by atoms with Gasteiger partial charge in [-0.15, -0.1) is 0 Å². The molecule has 1 unspecified atom stereocenters. The molecular weight excluding hydrogens is 130 g/mol. The number of carbonyl (C=O) groups is 1. The lowest BCUT2D eigenvalue weighted by Crippen LogP contribution is -2.22. The first-order valence-electron chi connectivity index (χ1n) is 3.46. The summed E-state index contributed by atoms with van der Waals surface area (Å²) in [6.45, 7) is 5.69. The number of nitrogens with two attached hydrogens (primary N) is 1. The zero-order valence-electron chi connectivity index (χ0n) is 6.76. The minimum Gasteiger partial charge on any atom is -0.375 e. The molecule has 0 bridgehead atoms. The van der Waals surface area contributed by atoms with Crippen LogP contribution >= 0.6 is 0 Å². The molecule has 0 rings (SSSR count). The molecule has 0 heterocycles. The Balaban J connectivity index is 3.43. The molecular formula is C7H15NO2. The van der Waals surface area contributed by atoms with E-state index in [0.717, 1.165) is 0 Å². The normalized spacial score (nSPS) is 13.6. The van der Waals surface area contributed by atoms with Crippen LogP contribution in [0.15, 0.2) is 0 Å². The van der Waals surface area contributed by atoms with E-state index < -0.39 is 0 Å². The number of ether oxygens (including phenoxy) is 1. The molecule has 1 atom stereocenters. The Kier molecular flexibility index (Phi) is 4.03. The highest BCUT2D eigenvalue weighted by atomic mass is 16.5. The third kappa shape index (κ3) is 5.56. The average molecular weight is 145 g/mol. The summed E-state index contributed by atoms with van der Waals surface area (Å²) in [5, 5.41) is 0. The first-order chi connectivity index (χ1) is 4.52. The van der Waals surface area contributed by atoms with E-state index in [1.165, 1.54) is 0 Å². The molecule has 0 aromatic rings. The van der Waals surface area contributed by atoms with Crippen LogP contribution in [0, 0.1) is 0 Å². The summed E-state index contributed by atoms with van der Waals surface area (Å²) in [6, 6.07) is 0. The molecule has 10 heavy (non-hydrogen) atoms. The van der Waals surface area contributed by atoms with Crippen molar-refractivity contribution in [3.05, 3.63) is 0 Å². The molecule has 2 N–H and O–H groups in total. The van der Waals surface area contributed by atoms with Gasteiger partial charge >= 0.3 is 0 Å². The zero-order valence-corrected chi connectivity index (χ0v) is 6.76. The maximum Gasteiger partial charge on any atom is 0.220 e. The van der Waals surface area contributed by atoms with Crippen LogP contribution in [0.25, 0.3) is 0 Å². The van der Waals surface area contributed by atoms with Gasteiger partial charge in [-0.05, 0) is 20.8 Å². The highest BCUT2D eigenvalue weighted by Crippen LogP contribution is 2.00. The fourth-order valence-corrected chi connectivity index (χ4v) is 0.796. The second kappa shape index (κ2) is 4.28. The monoisotopic (exact) mass is 145 g/mol. The molecule has 0 aromatic carbocycles. The van der Waals surface area contributed by atoms with Crippen LogP contribution in [0.2, 0.25) is 0 Å². The van der Waals surface area contributed by atoms with E-state index in [9.17, 15) is 4.79 Å². The maximum absolute atomic E-state index is 10.3.